The van der Waals surface area contributed by atoms with Gasteiger partial charge in [0.25, 0.3) is 5.91 Å². The van der Waals surface area contributed by atoms with Crippen molar-refractivity contribution < 1.29 is 9.53 Å². The minimum atomic E-state index is -0.0209. The number of rotatable bonds is 6. The zero-order valence-electron chi connectivity index (χ0n) is 15.7. The van der Waals surface area contributed by atoms with Gasteiger partial charge in [0.05, 0.1) is 18.8 Å². The Hall–Kier alpha value is -2.80. The first-order valence-corrected chi connectivity index (χ1v) is 9.89. The van der Waals surface area contributed by atoms with Crippen LogP contribution in [0.15, 0.2) is 42.7 Å². The molecule has 0 bridgehead atoms. The van der Waals surface area contributed by atoms with E-state index in [1.807, 2.05) is 46.1 Å². The van der Waals surface area contributed by atoms with Gasteiger partial charge in [-0.15, -0.1) is 5.10 Å². The molecule has 2 aliphatic rings. The van der Waals surface area contributed by atoms with Gasteiger partial charge in [-0.2, -0.15) is 0 Å². The third-order valence-corrected chi connectivity index (χ3v) is 5.56. The van der Waals surface area contributed by atoms with Crippen molar-refractivity contribution in [2.45, 2.75) is 31.9 Å². The maximum absolute atomic E-state index is 13.1. The van der Waals surface area contributed by atoms with Crippen LogP contribution >= 0.6 is 0 Å². The zero-order chi connectivity index (χ0) is 18.9. The Morgan fingerprint density at radius 2 is 2.07 bits per heavy atom. The second kappa shape index (κ2) is 7.31. The predicted molar refractivity (Wildman–Crippen MR) is 104 cm³/mol. The number of nitrogens with zero attached hydrogens (tertiary/aromatic N) is 5. The molecule has 144 valence electrons. The lowest BCUT2D eigenvalue weighted by Gasteiger charge is -2.17. The molecule has 0 radical (unpaired) electrons. The number of fused-ring (bicyclic) bond motifs is 1. The van der Waals surface area contributed by atoms with E-state index < -0.39 is 0 Å². The van der Waals surface area contributed by atoms with E-state index >= 15 is 0 Å². The molecule has 1 atom stereocenters. The normalized spacial score (nSPS) is 19.4. The minimum Gasteiger partial charge on any atom is -0.375 e. The van der Waals surface area contributed by atoms with E-state index in [9.17, 15) is 4.79 Å². The standard InChI is InChI=1S/C21H23N5O2/c27-21(20-19-4-2-1-3-16(19)7-9-22-20)25-10-8-18(12-25)26-11-17(23-24-26)14-28-13-15-5-6-15/h1-4,7,9,11,15,18H,5-6,8,10,12-14H2. The second-order valence-corrected chi connectivity index (χ2v) is 7.72. The van der Waals surface area contributed by atoms with Crippen LogP contribution in [-0.2, 0) is 11.3 Å². The van der Waals surface area contributed by atoms with Gasteiger partial charge in [0.1, 0.15) is 11.4 Å². The van der Waals surface area contributed by atoms with E-state index in [-0.39, 0.29) is 11.9 Å². The summed E-state index contributed by atoms with van der Waals surface area (Å²) in [4.78, 5) is 19.3. The van der Waals surface area contributed by atoms with Gasteiger partial charge in [-0.05, 0) is 36.6 Å². The Kier molecular flexibility index (Phi) is 4.52. The number of hydrogen-bond donors (Lipinski definition) is 0. The van der Waals surface area contributed by atoms with Gasteiger partial charge in [-0.3, -0.25) is 9.78 Å². The maximum Gasteiger partial charge on any atom is 0.273 e. The Morgan fingerprint density at radius 3 is 2.96 bits per heavy atom. The summed E-state index contributed by atoms with van der Waals surface area (Å²) in [5, 5.41) is 10.4. The zero-order valence-corrected chi connectivity index (χ0v) is 15.7. The average Bonchev–Trinajstić information content (AvgIpc) is 3.22. The SMILES string of the molecule is O=C(c1nccc2ccccc12)N1CCC(n2cc(COCC3CC3)nn2)C1. The first kappa shape index (κ1) is 17.3. The number of carbonyl (C=O) groups is 1. The van der Waals surface area contributed by atoms with Crippen LogP contribution in [0.4, 0.5) is 0 Å². The number of benzene rings is 1. The molecule has 0 spiro atoms. The van der Waals surface area contributed by atoms with Crippen molar-refractivity contribution in [3.63, 3.8) is 0 Å². The fourth-order valence-corrected chi connectivity index (χ4v) is 3.75. The quantitative estimate of drug-likeness (QED) is 0.660. The van der Waals surface area contributed by atoms with Gasteiger partial charge in [0.15, 0.2) is 0 Å². The molecule has 3 aromatic rings. The number of ether oxygens (including phenoxy) is 1. The largest absolute Gasteiger partial charge is 0.375 e. The van der Waals surface area contributed by atoms with Gasteiger partial charge in [0.2, 0.25) is 0 Å². The molecule has 2 aromatic heterocycles. The van der Waals surface area contributed by atoms with Crippen LogP contribution in [0.5, 0.6) is 0 Å². The van der Waals surface area contributed by atoms with Crippen LogP contribution in [0.25, 0.3) is 10.8 Å². The van der Waals surface area contributed by atoms with E-state index in [1.54, 1.807) is 6.20 Å². The highest BCUT2D eigenvalue weighted by molar-refractivity contribution is 6.05. The second-order valence-electron chi connectivity index (χ2n) is 7.72. The molecule has 1 unspecified atom stereocenters. The van der Waals surface area contributed by atoms with E-state index in [0.29, 0.717) is 25.4 Å². The highest BCUT2D eigenvalue weighted by Crippen LogP contribution is 2.29. The highest BCUT2D eigenvalue weighted by Gasteiger charge is 2.30. The molecule has 28 heavy (non-hydrogen) atoms. The lowest BCUT2D eigenvalue weighted by molar-refractivity contribution is 0.0783. The molecule has 0 N–H and O–H groups in total. The van der Waals surface area contributed by atoms with Crippen molar-refractivity contribution in [1.82, 2.24) is 24.9 Å². The first-order valence-electron chi connectivity index (χ1n) is 9.89. The van der Waals surface area contributed by atoms with Crippen LogP contribution in [0.3, 0.4) is 0 Å². The Morgan fingerprint density at radius 1 is 1.18 bits per heavy atom. The van der Waals surface area contributed by atoms with Gasteiger partial charge in [0, 0.05) is 31.3 Å². The molecule has 7 nitrogen and oxygen atoms in total. The molecule has 2 fully saturated rings. The summed E-state index contributed by atoms with van der Waals surface area (Å²) in [6.45, 7) is 2.64. The lowest BCUT2D eigenvalue weighted by atomic mass is 10.1. The van der Waals surface area contributed by atoms with Crippen LogP contribution in [-0.4, -0.2) is 50.5 Å². The molecule has 1 aliphatic carbocycles. The molecular weight excluding hydrogens is 354 g/mol. The number of pyridine rings is 1. The Bertz CT molecular complexity index is 992. The summed E-state index contributed by atoms with van der Waals surface area (Å²) < 4.78 is 7.56. The van der Waals surface area contributed by atoms with Gasteiger partial charge in [-0.25, -0.2) is 4.68 Å². The number of amides is 1. The Balaban J connectivity index is 1.25. The predicted octanol–water partition coefficient (Wildman–Crippen LogP) is 2.84. The summed E-state index contributed by atoms with van der Waals surface area (Å²) >= 11 is 0. The van der Waals surface area contributed by atoms with Crippen LogP contribution in [0.2, 0.25) is 0 Å². The third kappa shape index (κ3) is 3.49. The van der Waals surface area contributed by atoms with Crippen LogP contribution in [0, 0.1) is 5.92 Å². The van der Waals surface area contributed by atoms with Crippen molar-refractivity contribution in [3.8, 4) is 0 Å². The van der Waals surface area contributed by atoms with Crippen LogP contribution in [0.1, 0.15) is 41.5 Å². The average molecular weight is 377 g/mol. The van der Waals surface area contributed by atoms with Crippen molar-refractivity contribution in [1.29, 1.82) is 0 Å². The van der Waals surface area contributed by atoms with E-state index in [0.717, 1.165) is 35.4 Å². The highest BCUT2D eigenvalue weighted by atomic mass is 16.5. The molecule has 3 heterocycles. The summed E-state index contributed by atoms with van der Waals surface area (Å²) in [5.41, 5.74) is 1.37. The summed E-state index contributed by atoms with van der Waals surface area (Å²) in [5.74, 6) is 0.722. The summed E-state index contributed by atoms with van der Waals surface area (Å²) in [7, 11) is 0. The number of aromatic nitrogens is 4. The smallest absolute Gasteiger partial charge is 0.273 e. The van der Waals surface area contributed by atoms with E-state index in [2.05, 4.69) is 15.3 Å². The van der Waals surface area contributed by atoms with Crippen molar-refractivity contribution in [2.24, 2.45) is 5.92 Å². The minimum absolute atomic E-state index is 0.0209. The summed E-state index contributed by atoms with van der Waals surface area (Å²) in [6, 6.07) is 9.94. The molecule has 1 amide bonds. The molecule has 1 saturated carbocycles. The van der Waals surface area contributed by atoms with Gasteiger partial charge >= 0.3 is 0 Å². The number of likely N-dealkylation sites (tertiary alicyclic amines) is 1. The Labute approximate surface area is 163 Å². The van der Waals surface area contributed by atoms with E-state index in [1.165, 1.54) is 12.8 Å². The van der Waals surface area contributed by atoms with Crippen molar-refractivity contribution >= 4 is 16.7 Å². The molecular formula is C21H23N5O2. The molecule has 1 aliphatic heterocycles. The van der Waals surface area contributed by atoms with E-state index in [4.69, 9.17) is 4.74 Å². The molecule has 7 heteroatoms. The third-order valence-electron chi connectivity index (χ3n) is 5.56. The van der Waals surface area contributed by atoms with Gasteiger partial charge < -0.3 is 9.64 Å². The number of hydrogen-bond acceptors (Lipinski definition) is 5. The van der Waals surface area contributed by atoms with Crippen LogP contribution < -0.4 is 0 Å². The topological polar surface area (TPSA) is 73.1 Å². The monoisotopic (exact) mass is 377 g/mol. The lowest BCUT2D eigenvalue weighted by Crippen LogP contribution is -2.30. The molecule has 1 saturated heterocycles. The number of carbonyl (C=O) groups excluding carboxylic acids is 1. The fraction of sp³-hybridized carbons (Fsp3) is 0.429. The maximum atomic E-state index is 13.1. The molecule has 5 rings (SSSR count). The fourth-order valence-electron chi connectivity index (χ4n) is 3.75. The summed E-state index contributed by atoms with van der Waals surface area (Å²) in [6.07, 6.45) is 7.08. The molecule has 1 aromatic carbocycles. The van der Waals surface area contributed by atoms with Gasteiger partial charge in [-0.1, -0.05) is 29.5 Å². The van der Waals surface area contributed by atoms with Crippen molar-refractivity contribution in [2.75, 3.05) is 19.7 Å². The van der Waals surface area contributed by atoms with Crippen molar-refractivity contribution in [3.05, 3.63) is 54.1 Å². The first-order chi connectivity index (χ1) is 13.8.